The van der Waals surface area contributed by atoms with E-state index < -0.39 is 16.8 Å². The monoisotopic (exact) mass is 429 g/mol. The molecular formula is C20H19N3O6S. The highest BCUT2D eigenvalue weighted by molar-refractivity contribution is 7.16. The van der Waals surface area contributed by atoms with Crippen LogP contribution in [0.25, 0.3) is 10.2 Å². The van der Waals surface area contributed by atoms with Gasteiger partial charge in [-0.15, -0.1) is 0 Å². The fraction of sp³-hybridized carbons (Fsp3) is 0.250. The number of ether oxygens (including phenoxy) is 2. The minimum atomic E-state index is -0.521. The van der Waals surface area contributed by atoms with E-state index in [1.165, 1.54) is 29.9 Å². The van der Waals surface area contributed by atoms with Gasteiger partial charge in [-0.2, -0.15) is 4.99 Å². The Morgan fingerprint density at radius 2 is 1.97 bits per heavy atom. The predicted molar refractivity (Wildman–Crippen MR) is 110 cm³/mol. The van der Waals surface area contributed by atoms with E-state index in [1.807, 2.05) is 13.0 Å². The number of thiazole rings is 1. The highest BCUT2D eigenvalue weighted by Gasteiger charge is 2.15. The number of aryl methyl sites for hydroxylation is 1. The van der Waals surface area contributed by atoms with E-state index in [2.05, 4.69) is 4.99 Å². The summed E-state index contributed by atoms with van der Waals surface area (Å²) in [4.78, 5) is 39.4. The summed E-state index contributed by atoms with van der Waals surface area (Å²) in [5.74, 6) is -0.197. The average Bonchev–Trinajstić information content (AvgIpc) is 3.03. The summed E-state index contributed by atoms with van der Waals surface area (Å²) in [6.45, 7) is 1.72. The Morgan fingerprint density at radius 1 is 1.20 bits per heavy atom. The number of rotatable bonds is 6. The zero-order valence-corrected chi connectivity index (χ0v) is 17.4. The molecule has 2 aromatic carbocycles. The number of non-ortho nitro benzene ring substituents is 1. The molecule has 10 heteroatoms. The van der Waals surface area contributed by atoms with Crippen molar-refractivity contribution in [2.24, 2.45) is 4.99 Å². The van der Waals surface area contributed by atoms with Crippen LogP contribution in [0.15, 0.2) is 41.4 Å². The standard InChI is InChI=1S/C20H19N3O6S/c1-12-8-13(4-7-16(12)28-2)9-18(24)21-20-22(11-19(25)29-3)15-6-5-14(23(26)27)10-17(15)30-20/h4-8,10H,9,11H2,1-3H3. The maximum atomic E-state index is 12.6. The molecule has 0 N–H and O–H groups in total. The predicted octanol–water partition coefficient (Wildman–Crippen LogP) is 2.77. The lowest BCUT2D eigenvalue weighted by Gasteiger charge is -2.06. The number of esters is 1. The summed E-state index contributed by atoms with van der Waals surface area (Å²) in [5, 5.41) is 11.1. The Bertz CT molecular complexity index is 1210. The summed E-state index contributed by atoms with van der Waals surface area (Å²) < 4.78 is 12.0. The first-order chi connectivity index (χ1) is 14.3. The Labute approximate surface area is 175 Å². The maximum Gasteiger partial charge on any atom is 0.325 e. The largest absolute Gasteiger partial charge is 0.496 e. The first-order valence-corrected chi connectivity index (χ1v) is 9.69. The number of aromatic nitrogens is 1. The van der Waals surface area contributed by atoms with Crippen LogP contribution in [0.5, 0.6) is 5.75 Å². The summed E-state index contributed by atoms with van der Waals surface area (Å²) >= 11 is 1.10. The number of benzene rings is 2. The van der Waals surface area contributed by atoms with Crippen molar-refractivity contribution in [1.82, 2.24) is 4.57 Å². The summed E-state index contributed by atoms with van der Waals surface area (Å²) in [6.07, 6.45) is 0.0669. The number of fused-ring (bicyclic) bond motifs is 1. The molecule has 0 atom stereocenters. The lowest BCUT2D eigenvalue weighted by molar-refractivity contribution is -0.384. The molecule has 9 nitrogen and oxygen atoms in total. The molecule has 0 saturated heterocycles. The van der Waals surface area contributed by atoms with Crippen LogP contribution in [-0.2, 0) is 27.3 Å². The van der Waals surface area contributed by atoms with Crippen LogP contribution in [-0.4, -0.2) is 35.6 Å². The molecule has 0 radical (unpaired) electrons. The van der Waals surface area contributed by atoms with Gasteiger partial charge in [0.05, 0.1) is 35.8 Å². The number of nitro benzene ring substituents is 1. The van der Waals surface area contributed by atoms with Crippen molar-refractivity contribution in [3.8, 4) is 5.75 Å². The van der Waals surface area contributed by atoms with Crippen molar-refractivity contribution in [2.75, 3.05) is 14.2 Å². The molecule has 0 unspecified atom stereocenters. The number of carbonyl (C=O) groups excluding carboxylic acids is 2. The van der Waals surface area contributed by atoms with Gasteiger partial charge >= 0.3 is 5.97 Å². The van der Waals surface area contributed by atoms with Crippen LogP contribution >= 0.6 is 11.3 Å². The van der Waals surface area contributed by atoms with Crippen molar-refractivity contribution < 1.29 is 24.0 Å². The van der Waals surface area contributed by atoms with Crippen molar-refractivity contribution in [2.45, 2.75) is 19.9 Å². The summed E-state index contributed by atoms with van der Waals surface area (Å²) in [6, 6.07) is 9.69. The Balaban J connectivity index is 2.01. The number of carbonyl (C=O) groups is 2. The van der Waals surface area contributed by atoms with Gasteiger partial charge in [0.2, 0.25) is 0 Å². The third kappa shape index (κ3) is 4.54. The topological polar surface area (TPSA) is 113 Å². The Kier molecular flexibility index (Phi) is 6.26. The van der Waals surface area contributed by atoms with Crippen molar-refractivity contribution >= 4 is 39.1 Å². The van der Waals surface area contributed by atoms with Crippen molar-refractivity contribution in [3.63, 3.8) is 0 Å². The van der Waals surface area contributed by atoms with Crippen LogP contribution < -0.4 is 9.54 Å². The molecule has 0 fully saturated rings. The average molecular weight is 429 g/mol. The van der Waals surface area contributed by atoms with Crippen LogP contribution in [0, 0.1) is 17.0 Å². The summed E-state index contributed by atoms with van der Waals surface area (Å²) in [5.41, 5.74) is 2.15. The highest BCUT2D eigenvalue weighted by Crippen LogP contribution is 2.23. The van der Waals surface area contributed by atoms with Gasteiger partial charge in [0.15, 0.2) is 4.80 Å². The normalized spacial score (nSPS) is 11.5. The fourth-order valence-electron chi connectivity index (χ4n) is 2.98. The molecule has 156 valence electrons. The van der Waals surface area contributed by atoms with E-state index >= 15 is 0 Å². The van der Waals surface area contributed by atoms with Gasteiger partial charge in [-0.25, -0.2) is 0 Å². The van der Waals surface area contributed by atoms with E-state index in [-0.39, 0.29) is 23.5 Å². The maximum absolute atomic E-state index is 12.6. The van der Waals surface area contributed by atoms with Gasteiger partial charge in [0.25, 0.3) is 11.6 Å². The smallest absolute Gasteiger partial charge is 0.325 e. The second-order valence-electron chi connectivity index (χ2n) is 6.44. The molecular weight excluding hydrogens is 410 g/mol. The molecule has 30 heavy (non-hydrogen) atoms. The third-order valence-corrected chi connectivity index (χ3v) is 5.47. The molecule has 3 aromatic rings. The van der Waals surface area contributed by atoms with Gasteiger partial charge in [0.1, 0.15) is 12.3 Å². The first-order valence-electron chi connectivity index (χ1n) is 8.88. The van der Waals surface area contributed by atoms with Crippen molar-refractivity contribution in [1.29, 1.82) is 0 Å². The van der Waals surface area contributed by atoms with Crippen LogP contribution in [0.1, 0.15) is 11.1 Å². The van der Waals surface area contributed by atoms with Crippen molar-refractivity contribution in [3.05, 3.63) is 62.4 Å². The van der Waals surface area contributed by atoms with E-state index in [9.17, 15) is 19.7 Å². The van der Waals surface area contributed by atoms with Gasteiger partial charge in [0, 0.05) is 12.1 Å². The summed E-state index contributed by atoms with van der Waals surface area (Å²) in [7, 11) is 2.84. The van der Waals surface area contributed by atoms with E-state index in [4.69, 9.17) is 9.47 Å². The quantitative estimate of drug-likeness (QED) is 0.338. The number of amides is 1. The van der Waals surface area contributed by atoms with Crippen LogP contribution in [0.4, 0.5) is 5.69 Å². The second-order valence-corrected chi connectivity index (χ2v) is 7.45. The Morgan fingerprint density at radius 3 is 2.60 bits per heavy atom. The van der Waals surface area contributed by atoms with E-state index in [1.54, 1.807) is 19.2 Å². The molecule has 0 aliphatic rings. The number of nitro groups is 1. The number of hydrogen-bond donors (Lipinski definition) is 0. The minimum absolute atomic E-state index is 0.0669. The molecule has 0 saturated carbocycles. The minimum Gasteiger partial charge on any atom is -0.496 e. The van der Waals surface area contributed by atoms with Gasteiger partial charge in [-0.3, -0.25) is 19.7 Å². The first kappa shape index (κ1) is 21.2. The van der Waals surface area contributed by atoms with Gasteiger partial charge in [-0.05, 0) is 30.2 Å². The van der Waals surface area contributed by atoms with Gasteiger partial charge in [-0.1, -0.05) is 23.5 Å². The number of nitrogens with zero attached hydrogens (tertiary/aromatic N) is 3. The molecule has 1 aromatic heterocycles. The molecule has 1 heterocycles. The van der Waals surface area contributed by atoms with Crippen LogP contribution in [0.2, 0.25) is 0 Å². The SMILES string of the molecule is COC(=O)Cn1c(=NC(=O)Cc2ccc(OC)c(C)c2)sc2cc([N+](=O)[O-])ccc21. The van der Waals surface area contributed by atoms with Gasteiger partial charge < -0.3 is 14.0 Å². The zero-order valence-electron chi connectivity index (χ0n) is 16.6. The molecule has 3 rings (SSSR count). The lowest BCUT2D eigenvalue weighted by atomic mass is 10.1. The molecule has 0 aliphatic carbocycles. The Hall–Kier alpha value is -3.53. The lowest BCUT2D eigenvalue weighted by Crippen LogP contribution is -2.22. The number of hydrogen-bond acceptors (Lipinski definition) is 7. The van der Waals surface area contributed by atoms with Crippen LogP contribution in [0.3, 0.4) is 0 Å². The molecule has 0 spiro atoms. The number of methoxy groups -OCH3 is 2. The van der Waals surface area contributed by atoms with E-state index in [0.717, 1.165) is 28.2 Å². The second kappa shape index (κ2) is 8.87. The molecule has 1 amide bonds. The molecule has 0 aliphatic heterocycles. The van der Waals surface area contributed by atoms with E-state index in [0.29, 0.717) is 10.2 Å². The third-order valence-electron chi connectivity index (χ3n) is 4.43. The molecule has 0 bridgehead atoms. The zero-order chi connectivity index (χ0) is 21.8. The highest BCUT2D eigenvalue weighted by atomic mass is 32.1. The fourth-order valence-corrected chi connectivity index (χ4v) is 4.06.